The number of amides is 3. The Hall–Kier alpha value is -2.97. The largest absolute Gasteiger partial charge is 0.357 e. The van der Waals surface area contributed by atoms with Crippen molar-refractivity contribution in [2.24, 2.45) is 0 Å². The maximum Gasteiger partial charge on any atom is 0.275 e. The van der Waals surface area contributed by atoms with Gasteiger partial charge in [0.2, 0.25) is 0 Å². The molecule has 0 saturated carbocycles. The van der Waals surface area contributed by atoms with Gasteiger partial charge in [-0.05, 0) is 35.4 Å². The normalized spacial score (nSPS) is 11.4. The van der Waals surface area contributed by atoms with E-state index in [9.17, 15) is 18.8 Å². The lowest BCUT2D eigenvalue weighted by Crippen LogP contribution is -2.54. The van der Waals surface area contributed by atoms with E-state index in [-0.39, 0.29) is 10.6 Å². The van der Waals surface area contributed by atoms with Gasteiger partial charge in [-0.15, -0.1) is 0 Å². The van der Waals surface area contributed by atoms with Gasteiger partial charge >= 0.3 is 0 Å². The molecule has 142 valence electrons. The van der Waals surface area contributed by atoms with Crippen LogP contribution in [0.5, 0.6) is 0 Å². The summed E-state index contributed by atoms with van der Waals surface area (Å²) in [5.41, 5.74) is 2.95. The van der Waals surface area contributed by atoms with Crippen LogP contribution in [-0.4, -0.2) is 48.0 Å². The number of hydroxylamine groups is 1. The van der Waals surface area contributed by atoms with Gasteiger partial charge in [-0.2, -0.15) is 0 Å². The second kappa shape index (κ2) is 8.61. The lowest BCUT2D eigenvalue weighted by Gasteiger charge is -2.25. The number of nitrogens with one attached hydrogen (secondary N) is 2. The molecule has 2 aromatic rings. The van der Waals surface area contributed by atoms with Crippen LogP contribution in [0.3, 0.4) is 0 Å². The quantitative estimate of drug-likeness (QED) is 0.410. The third-order valence-electron chi connectivity index (χ3n) is 3.95. The molecule has 0 radical (unpaired) electrons. The molecule has 1 unspecified atom stereocenters. The summed E-state index contributed by atoms with van der Waals surface area (Å²) < 4.78 is 13.3. The van der Waals surface area contributed by atoms with Crippen molar-refractivity contribution in [1.82, 2.24) is 15.7 Å². The molecule has 2 aromatic carbocycles. The van der Waals surface area contributed by atoms with Crippen LogP contribution in [0.1, 0.15) is 10.4 Å². The molecule has 7 nitrogen and oxygen atoms in total. The zero-order valence-electron chi connectivity index (χ0n) is 14.5. The van der Waals surface area contributed by atoms with Crippen molar-refractivity contribution in [2.75, 3.05) is 14.1 Å². The number of benzene rings is 2. The minimum Gasteiger partial charge on any atom is -0.357 e. The maximum absolute atomic E-state index is 13.3. The van der Waals surface area contributed by atoms with Gasteiger partial charge < -0.3 is 10.2 Å². The predicted octanol–water partition coefficient (Wildman–Crippen LogP) is 1.84. The Morgan fingerprint density at radius 2 is 1.67 bits per heavy atom. The van der Waals surface area contributed by atoms with Crippen molar-refractivity contribution in [1.29, 1.82) is 0 Å². The van der Waals surface area contributed by atoms with Crippen molar-refractivity contribution in [3.63, 3.8) is 0 Å². The van der Waals surface area contributed by atoms with Crippen LogP contribution in [0.15, 0.2) is 42.5 Å². The van der Waals surface area contributed by atoms with Crippen LogP contribution in [0, 0.1) is 5.82 Å². The molecular formula is C18H17ClFN3O4. The number of carbonyl (C=O) groups excluding carboxylic acids is 3. The molecule has 3 amide bonds. The first-order valence-corrected chi connectivity index (χ1v) is 8.16. The molecule has 9 heteroatoms. The summed E-state index contributed by atoms with van der Waals surface area (Å²) in [5.74, 6) is -2.93. The van der Waals surface area contributed by atoms with E-state index in [2.05, 4.69) is 5.32 Å². The minimum absolute atomic E-state index is 0.0178. The zero-order chi connectivity index (χ0) is 20.1. The lowest BCUT2D eigenvalue weighted by molar-refractivity contribution is -0.140. The second-order valence-corrected chi connectivity index (χ2v) is 6.02. The molecule has 1 atom stereocenters. The lowest BCUT2D eigenvalue weighted by atomic mass is 10.0. The van der Waals surface area contributed by atoms with Gasteiger partial charge in [-0.25, -0.2) is 9.87 Å². The smallest absolute Gasteiger partial charge is 0.275 e. The Morgan fingerprint density at radius 3 is 2.19 bits per heavy atom. The molecular weight excluding hydrogens is 377 g/mol. The SMILES string of the molecule is CNC(=O)C(C(=O)NO)N(C)C(=O)c1ccc(-c2ccc(F)c(Cl)c2)cc1. The Balaban J connectivity index is 2.26. The summed E-state index contributed by atoms with van der Waals surface area (Å²) >= 11 is 5.78. The molecule has 0 aliphatic rings. The molecule has 2 rings (SSSR count). The maximum atomic E-state index is 13.3. The van der Waals surface area contributed by atoms with Gasteiger partial charge in [0.05, 0.1) is 5.02 Å². The number of hydrogen-bond acceptors (Lipinski definition) is 4. The fourth-order valence-corrected chi connectivity index (χ4v) is 2.65. The van der Waals surface area contributed by atoms with Crippen molar-refractivity contribution in [2.45, 2.75) is 6.04 Å². The second-order valence-electron chi connectivity index (χ2n) is 5.62. The third kappa shape index (κ3) is 4.42. The Kier molecular flexibility index (Phi) is 6.49. The van der Waals surface area contributed by atoms with Crippen LogP contribution in [0.25, 0.3) is 11.1 Å². The highest BCUT2D eigenvalue weighted by atomic mass is 35.5. The minimum atomic E-state index is -1.54. The van der Waals surface area contributed by atoms with E-state index in [0.29, 0.717) is 11.1 Å². The number of carbonyl (C=O) groups is 3. The molecule has 27 heavy (non-hydrogen) atoms. The summed E-state index contributed by atoms with van der Waals surface area (Å²) in [6.07, 6.45) is 0. The Labute approximate surface area is 159 Å². The molecule has 0 fully saturated rings. The first kappa shape index (κ1) is 20.3. The molecule has 0 aliphatic heterocycles. The topological polar surface area (TPSA) is 98.7 Å². The van der Waals surface area contributed by atoms with Crippen molar-refractivity contribution in [3.05, 3.63) is 58.9 Å². The zero-order valence-corrected chi connectivity index (χ0v) is 15.2. The third-order valence-corrected chi connectivity index (χ3v) is 4.24. The standard InChI is InChI=1S/C18H17ClFN3O4/c1-21-16(24)15(17(25)22-27)23(2)18(26)11-5-3-10(4-6-11)12-7-8-14(20)13(19)9-12/h3-9,15,27H,1-2H3,(H,21,24)(H,22,25). The van der Waals surface area contributed by atoms with Crippen LogP contribution in [0.2, 0.25) is 5.02 Å². The summed E-state index contributed by atoms with van der Waals surface area (Å²) in [4.78, 5) is 37.1. The van der Waals surface area contributed by atoms with Gasteiger partial charge in [0.1, 0.15) is 5.82 Å². The van der Waals surface area contributed by atoms with Crippen molar-refractivity contribution in [3.8, 4) is 11.1 Å². The van der Waals surface area contributed by atoms with E-state index in [0.717, 1.165) is 4.90 Å². The number of halogens is 2. The van der Waals surface area contributed by atoms with Crippen LogP contribution in [-0.2, 0) is 9.59 Å². The molecule has 0 spiro atoms. The Bertz CT molecular complexity index is 857. The van der Waals surface area contributed by atoms with Crippen LogP contribution in [0.4, 0.5) is 4.39 Å². The molecule has 3 N–H and O–H groups in total. The highest BCUT2D eigenvalue weighted by Gasteiger charge is 2.33. The van der Waals surface area contributed by atoms with Gasteiger partial charge in [0, 0.05) is 19.7 Å². The molecule has 0 bridgehead atoms. The summed E-state index contributed by atoms with van der Waals surface area (Å²) in [5, 5.41) is 11.0. The van der Waals surface area contributed by atoms with Crippen molar-refractivity contribution < 1.29 is 24.0 Å². The van der Waals surface area contributed by atoms with E-state index in [1.807, 2.05) is 0 Å². The molecule has 0 heterocycles. The molecule has 0 aromatic heterocycles. The highest BCUT2D eigenvalue weighted by molar-refractivity contribution is 6.31. The van der Waals surface area contributed by atoms with Gasteiger partial charge in [-0.1, -0.05) is 29.8 Å². The predicted molar refractivity (Wildman–Crippen MR) is 96.7 cm³/mol. The highest BCUT2D eigenvalue weighted by Crippen LogP contribution is 2.25. The molecule has 0 aliphatic carbocycles. The fourth-order valence-electron chi connectivity index (χ4n) is 2.47. The number of rotatable bonds is 5. The first-order chi connectivity index (χ1) is 12.8. The molecule has 0 saturated heterocycles. The van der Waals surface area contributed by atoms with Crippen LogP contribution < -0.4 is 10.8 Å². The summed E-state index contributed by atoms with van der Waals surface area (Å²) in [7, 11) is 2.58. The van der Waals surface area contributed by atoms with E-state index >= 15 is 0 Å². The van der Waals surface area contributed by atoms with E-state index in [1.54, 1.807) is 18.2 Å². The van der Waals surface area contributed by atoms with E-state index in [1.165, 1.54) is 43.8 Å². The van der Waals surface area contributed by atoms with Gasteiger partial charge in [0.25, 0.3) is 17.7 Å². The number of hydrogen-bond donors (Lipinski definition) is 3. The van der Waals surface area contributed by atoms with E-state index in [4.69, 9.17) is 16.8 Å². The fraction of sp³-hybridized carbons (Fsp3) is 0.167. The number of likely N-dealkylation sites (N-methyl/N-ethyl adjacent to an activating group) is 2. The first-order valence-electron chi connectivity index (χ1n) is 7.78. The average Bonchev–Trinajstić information content (AvgIpc) is 2.69. The van der Waals surface area contributed by atoms with Crippen LogP contribution >= 0.6 is 11.6 Å². The van der Waals surface area contributed by atoms with Crippen molar-refractivity contribution >= 4 is 29.3 Å². The monoisotopic (exact) mass is 393 g/mol. The number of nitrogens with zero attached hydrogens (tertiary/aromatic N) is 1. The van der Waals surface area contributed by atoms with Gasteiger partial charge in [0.15, 0.2) is 6.04 Å². The Morgan fingerprint density at radius 1 is 1.07 bits per heavy atom. The summed E-state index contributed by atoms with van der Waals surface area (Å²) in [6.45, 7) is 0. The summed E-state index contributed by atoms with van der Waals surface area (Å²) in [6, 6.07) is 8.99. The van der Waals surface area contributed by atoms with Gasteiger partial charge in [-0.3, -0.25) is 19.6 Å². The average molecular weight is 394 g/mol. The van der Waals surface area contributed by atoms with E-state index < -0.39 is 29.6 Å².